The molecule has 1 heterocycles. The Hall–Kier alpha value is -3.46. The van der Waals surface area contributed by atoms with Crippen molar-refractivity contribution in [1.82, 2.24) is 10.2 Å². The van der Waals surface area contributed by atoms with E-state index in [2.05, 4.69) is 36.2 Å². The van der Waals surface area contributed by atoms with Crippen LogP contribution in [0.3, 0.4) is 0 Å². The molecule has 0 aliphatic carbocycles. The minimum atomic E-state index is -1.82. The number of nitrogens with zero attached hydrogens (tertiary/aromatic N) is 1. The van der Waals surface area contributed by atoms with Gasteiger partial charge >= 0.3 is 11.9 Å². The van der Waals surface area contributed by atoms with Gasteiger partial charge in [0.25, 0.3) is 0 Å². The smallest absolute Gasteiger partial charge is 0.414 e. The van der Waals surface area contributed by atoms with Crippen molar-refractivity contribution in [3.8, 4) is 5.75 Å². The number of nitrogens with one attached hydrogen (secondary N) is 1. The second-order valence-corrected chi connectivity index (χ2v) is 9.54. The van der Waals surface area contributed by atoms with E-state index >= 15 is 0 Å². The molecule has 2 aromatic carbocycles. The molecular weight excluding hydrogens is 479 g/mol. The van der Waals surface area contributed by atoms with Crippen molar-refractivity contribution in [2.45, 2.75) is 45.6 Å². The summed E-state index contributed by atoms with van der Waals surface area (Å²) in [6.07, 6.45) is 3.67. The number of aliphatic carboxylic acids is 2. The zero-order valence-electron chi connectivity index (χ0n) is 21.7. The molecule has 37 heavy (non-hydrogen) atoms. The van der Waals surface area contributed by atoms with Crippen LogP contribution < -0.4 is 10.1 Å². The summed E-state index contributed by atoms with van der Waals surface area (Å²) in [7, 11) is 1.70. The third-order valence-corrected chi connectivity index (χ3v) is 6.43. The fourth-order valence-electron chi connectivity index (χ4n) is 4.33. The van der Waals surface area contributed by atoms with Crippen LogP contribution in [-0.2, 0) is 20.8 Å². The molecule has 0 radical (unpaired) electrons. The fourth-order valence-corrected chi connectivity index (χ4v) is 4.33. The lowest BCUT2D eigenvalue weighted by Crippen LogP contribution is -2.38. The van der Waals surface area contributed by atoms with Crippen LogP contribution in [0.2, 0.25) is 0 Å². The Morgan fingerprint density at radius 3 is 2.22 bits per heavy atom. The predicted molar refractivity (Wildman–Crippen MR) is 138 cm³/mol. The molecule has 0 saturated carbocycles. The molecule has 1 amide bonds. The SMILES string of the molecule is COc1cccc(CCN2CCC(CC(=O)N[C@@H](c3ccc(F)cc3)C(C)C)CC2)c1.O=C(O)C(=O)O. The predicted octanol–water partition coefficient (Wildman–Crippen LogP) is 4.15. The molecular formula is C28H37FN2O6. The standard InChI is InChI=1S/C26H35FN2O2.C2H2O4/c1-19(2)26(22-7-9-23(27)10-8-22)28-25(30)18-21-12-15-29(16-13-21)14-11-20-5-4-6-24(17-20)31-3;3-1(4)2(5)6/h4-10,17,19,21,26H,11-16,18H2,1-3H3,(H,28,30);(H,3,4)(H,5,6)/t26-;/m1./s1. The van der Waals surface area contributed by atoms with Crippen LogP contribution in [0.25, 0.3) is 0 Å². The summed E-state index contributed by atoms with van der Waals surface area (Å²) in [6.45, 7) is 7.26. The summed E-state index contributed by atoms with van der Waals surface area (Å²) in [5, 5.41) is 18.0. The third kappa shape index (κ3) is 10.6. The van der Waals surface area contributed by atoms with E-state index < -0.39 is 11.9 Å². The van der Waals surface area contributed by atoms with Gasteiger partial charge in [0.15, 0.2) is 0 Å². The highest BCUT2D eigenvalue weighted by Crippen LogP contribution is 2.25. The van der Waals surface area contributed by atoms with Gasteiger partial charge < -0.3 is 25.2 Å². The number of halogens is 1. The van der Waals surface area contributed by atoms with Crippen LogP contribution in [0.1, 0.15) is 50.3 Å². The zero-order valence-corrected chi connectivity index (χ0v) is 21.7. The van der Waals surface area contributed by atoms with E-state index in [9.17, 15) is 9.18 Å². The molecule has 202 valence electrons. The highest BCUT2D eigenvalue weighted by Gasteiger charge is 2.24. The fraction of sp³-hybridized carbons (Fsp3) is 0.464. The lowest BCUT2D eigenvalue weighted by molar-refractivity contribution is -0.159. The topological polar surface area (TPSA) is 116 Å². The van der Waals surface area contributed by atoms with Gasteiger partial charge in [0.2, 0.25) is 5.91 Å². The number of benzene rings is 2. The first kappa shape index (κ1) is 29.8. The molecule has 1 aliphatic heterocycles. The largest absolute Gasteiger partial charge is 0.497 e. The maximum absolute atomic E-state index is 13.2. The van der Waals surface area contributed by atoms with Crippen LogP contribution in [0.4, 0.5) is 4.39 Å². The third-order valence-electron chi connectivity index (χ3n) is 6.43. The normalized spacial score (nSPS) is 14.8. The maximum atomic E-state index is 13.2. The summed E-state index contributed by atoms with van der Waals surface area (Å²) in [5.74, 6) is -2.23. The van der Waals surface area contributed by atoms with Crippen LogP contribution >= 0.6 is 0 Å². The van der Waals surface area contributed by atoms with E-state index in [1.165, 1.54) is 17.7 Å². The zero-order chi connectivity index (χ0) is 27.4. The van der Waals surface area contributed by atoms with Crippen LogP contribution in [-0.4, -0.2) is 59.7 Å². The summed E-state index contributed by atoms with van der Waals surface area (Å²) >= 11 is 0. The molecule has 1 aliphatic rings. The first-order valence-electron chi connectivity index (χ1n) is 12.4. The highest BCUT2D eigenvalue weighted by molar-refractivity contribution is 6.27. The van der Waals surface area contributed by atoms with Gasteiger partial charge in [-0.1, -0.05) is 38.1 Å². The van der Waals surface area contributed by atoms with Gasteiger partial charge in [0.1, 0.15) is 11.6 Å². The van der Waals surface area contributed by atoms with Crippen molar-refractivity contribution in [3.05, 3.63) is 65.5 Å². The van der Waals surface area contributed by atoms with E-state index in [1.807, 2.05) is 12.1 Å². The number of piperidine rings is 1. The van der Waals surface area contributed by atoms with Gasteiger partial charge in [0.05, 0.1) is 13.2 Å². The second-order valence-electron chi connectivity index (χ2n) is 9.54. The lowest BCUT2D eigenvalue weighted by atomic mass is 9.91. The molecule has 0 spiro atoms. The number of carbonyl (C=O) groups excluding carboxylic acids is 1. The quantitative estimate of drug-likeness (QED) is 0.429. The van der Waals surface area contributed by atoms with Crippen molar-refractivity contribution in [1.29, 1.82) is 0 Å². The summed E-state index contributed by atoms with van der Waals surface area (Å²) in [4.78, 5) is 33.4. The number of amides is 1. The van der Waals surface area contributed by atoms with Gasteiger partial charge in [-0.2, -0.15) is 0 Å². The van der Waals surface area contributed by atoms with Gasteiger partial charge in [-0.25, -0.2) is 14.0 Å². The Labute approximate surface area is 217 Å². The lowest BCUT2D eigenvalue weighted by Gasteiger charge is -2.32. The number of likely N-dealkylation sites (tertiary alicyclic amines) is 1. The van der Waals surface area contributed by atoms with Crippen LogP contribution in [0.15, 0.2) is 48.5 Å². The summed E-state index contributed by atoms with van der Waals surface area (Å²) in [5.41, 5.74) is 2.25. The van der Waals surface area contributed by atoms with E-state index in [0.29, 0.717) is 12.3 Å². The molecule has 0 aromatic heterocycles. The van der Waals surface area contributed by atoms with Gasteiger partial charge in [0, 0.05) is 13.0 Å². The summed E-state index contributed by atoms with van der Waals surface area (Å²) in [6, 6.07) is 14.6. The molecule has 9 heteroatoms. The number of carboxylic acid groups (broad SMARTS) is 2. The Bertz CT molecular complexity index is 1010. The summed E-state index contributed by atoms with van der Waals surface area (Å²) < 4.78 is 18.5. The second kappa shape index (κ2) is 14.9. The molecule has 1 atom stereocenters. The number of methoxy groups -OCH3 is 1. The van der Waals surface area contributed by atoms with Gasteiger partial charge in [-0.05, 0) is 79.6 Å². The van der Waals surface area contributed by atoms with Crippen molar-refractivity contribution in [2.75, 3.05) is 26.7 Å². The van der Waals surface area contributed by atoms with Crippen molar-refractivity contribution in [3.63, 3.8) is 0 Å². The molecule has 3 N–H and O–H groups in total. The average Bonchev–Trinajstić information content (AvgIpc) is 2.88. The molecule has 1 saturated heterocycles. The van der Waals surface area contributed by atoms with Gasteiger partial charge in [-0.3, -0.25) is 4.79 Å². The first-order chi connectivity index (χ1) is 17.6. The van der Waals surface area contributed by atoms with E-state index in [-0.39, 0.29) is 23.7 Å². The van der Waals surface area contributed by atoms with Crippen LogP contribution in [0, 0.1) is 17.7 Å². The molecule has 0 unspecified atom stereocenters. The van der Waals surface area contributed by atoms with E-state index in [0.717, 1.165) is 50.2 Å². The van der Waals surface area contributed by atoms with Crippen molar-refractivity contribution < 1.29 is 33.7 Å². The molecule has 3 rings (SSSR count). The Morgan fingerprint density at radius 2 is 1.68 bits per heavy atom. The van der Waals surface area contributed by atoms with Crippen molar-refractivity contribution >= 4 is 17.8 Å². The number of hydrogen-bond donors (Lipinski definition) is 3. The molecule has 8 nitrogen and oxygen atoms in total. The minimum Gasteiger partial charge on any atom is -0.497 e. The number of carboxylic acids is 2. The average molecular weight is 517 g/mol. The van der Waals surface area contributed by atoms with Crippen molar-refractivity contribution in [2.24, 2.45) is 11.8 Å². The Morgan fingerprint density at radius 1 is 1.05 bits per heavy atom. The maximum Gasteiger partial charge on any atom is 0.414 e. The highest BCUT2D eigenvalue weighted by atomic mass is 19.1. The first-order valence-corrected chi connectivity index (χ1v) is 12.4. The molecule has 1 fully saturated rings. The van der Waals surface area contributed by atoms with Gasteiger partial charge in [-0.15, -0.1) is 0 Å². The Balaban J connectivity index is 0.000000717. The number of carbonyl (C=O) groups is 3. The number of rotatable bonds is 9. The molecule has 2 aromatic rings. The number of hydrogen-bond acceptors (Lipinski definition) is 5. The van der Waals surface area contributed by atoms with E-state index in [4.69, 9.17) is 24.5 Å². The number of ether oxygens (including phenoxy) is 1. The monoisotopic (exact) mass is 516 g/mol. The molecule has 0 bridgehead atoms. The minimum absolute atomic E-state index is 0.0870. The van der Waals surface area contributed by atoms with E-state index in [1.54, 1.807) is 19.2 Å². The van der Waals surface area contributed by atoms with Crippen LogP contribution in [0.5, 0.6) is 5.75 Å². The Kier molecular flexibility index (Phi) is 12.0.